The van der Waals surface area contributed by atoms with Crippen molar-refractivity contribution in [3.8, 4) is 0 Å². The molecule has 1 heterocycles. The summed E-state index contributed by atoms with van der Waals surface area (Å²) in [6.45, 7) is 0.526. The highest BCUT2D eigenvalue weighted by atomic mass is 19.1. The Bertz CT molecular complexity index is 483. The fraction of sp³-hybridized carbons (Fsp3) is 0.333. The lowest BCUT2D eigenvalue weighted by atomic mass is 10.2. The molecule has 1 fully saturated rings. The number of carboxylic acids is 1. The second-order valence-corrected chi connectivity index (χ2v) is 3.99. The summed E-state index contributed by atoms with van der Waals surface area (Å²) in [5.74, 6) is -2.40. The molecule has 1 aromatic carbocycles. The number of carbonyl (C=O) groups excluding carboxylic acids is 1. The van der Waals surface area contributed by atoms with E-state index in [0.29, 0.717) is 13.0 Å². The number of carboxylic acid groups (broad SMARTS) is 1. The average Bonchev–Trinajstić information content (AvgIpc) is 2.85. The van der Waals surface area contributed by atoms with Gasteiger partial charge in [-0.2, -0.15) is 0 Å². The van der Waals surface area contributed by atoms with Gasteiger partial charge < -0.3 is 15.2 Å². The van der Waals surface area contributed by atoms with E-state index in [1.54, 1.807) is 0 Å². The van der Waals surface area contributed by atoms with Crippen LogP contribution in [-0.2, 0) is 9.53 Å². The van der Waals surface area contributed by atoms with Crippen LogP contribution in [-0.4, -0.2) is 29.7 Å². The van der Waals surface area contributed by atoms with E-state index >= 15 is 0 Å². The molecule has 0 spiro atoms. The minimum Gasteiger partial charge on any atom is -0.478 e. The second-order valence-electron chi connectivity index (χ2n) is 3.99. The van der Waals surface area contributed by atoms with E-state index in [0.717, 1.165) is 12.5 Å². The Hall–Kier alpha value is -1.95. The number of hydrogen-bond acceptors (Lipinski definition) is 3. The summed E-state index contributed by atoms with van der Waals surface area (Å²) in [6.07, 6.45) is 0.864. The van der Waals surface area contributed by atoms with Gasteiger partial charge in [0.25, 0.3) is 5.91 Å². The number of hydrogen-bond donors (Lipinski definition) is 2. The first-order valence-electron chi connectivity index (χ1n) is 5.53. The van der Waals surface area contributed by atoms with Crippen LogP contribution in [0.5, 0.6) is 0 Å². The number of ether oxygens (including phenoxy) is 1. The summed E-state index contributed by atoms with van der Waals surface area (Å²) in [4.78, 5) is 22.3. The summed E-state index contributed by atoms with van der Waals surface area (Å²) in [5, 5.41) is 11.1. The van der Waals surface area contributed by atoms with Crippen molar-refractivity contribution in [2.24, 2.45) is 0 Å². The molecular formula is C12H12FNO4. The van der Waals surface area contributed by atoms with Crippen LogP contribution in [0.4, 0.5) is 10.1 Å². The van der Waals surface area contributed by atoms with Gasteiger partial charge in [0, 0.05) is 6.61 Å². The molecule has 1 unspecified atom stereocenters. The molecular weight excluding hydrogens is 241 g/mol. The Balaban J connectivity index is 2.09. The Labute approximate surface area is 103 Å². The van der Waals surface area contributed by atoms with E-state index < -0.39 is 23.8 Å². The van der Waals surface area contributed by atoms with Crippen molar-refractivity contribution >= 4 is 17.6 Å². The van der Waals surface area contributed by atoms with E-state index in [9.17, 15) is 14.0 Å². The van der Waals surface area contributed by atoms with Gasteiger partial charge in [-0.15, -0.1) is 0 Å². The molecule has 2 rings (SSSR count). The number of amides is 1. The highest BCUT2D eigenvalue weighted by Gasteiger charge is 2.24. The van der Waals surface area contributed by atoms with Crippen molar-refractivity contribution in [3.63, 3.8) is 0 Å². The van der Waals surface area contributed by atoms with Gasteiger partial charge in [-0.05, 0) is 31.0 Å². The standard InChI is InChI=1S/C12H12FNO4/c13-8-6-7(12(16)17)3-4-9(8)14-11(15)10-2-1-5-18-10/h3-4,6,10H,1-2,5H2,(H,14,15)(H,16,17). The lowest BCUT2D eigenvalue weighted by Crippen LogP contribution is -2.27. The predicted molar refractivity (Wildman–Crippen MR) is 61.0 cm³/mol. The van der Waals surface area contributed by atoms with Crippen molar-refractivity contribution < 1.29 is 23.8 Å². The molecule has 0 bridgehead atoms. The summed E-state index contributed by atoms with van der Waals surface area (Å²) in [5.41, 5.74) is -0.205. The lowest BCUT2D eigenvalue weighted by Gasteiger charge is -2.11. The van der Waals surface area contributed by atoms with Gasteiger partial charge in [-0.25, -0.2) is 9.18 Å². The SMILES string of the molecule is O=C(O)c1ccc(NC(=O)C2CCCO2)c(F)c1. The van der Waals surface area contributed by atoms with Crippen LogP contribution in [0.15, 0.2) is 18.2 Å². The normalized spacial score (nSPS) is 18.6. The maximum absolute atomic E-state index is 13.5. The van der Waals surface area contributed by atoms with Crippen LogP contribution in [0.1, 0.15) is 23.2 Å². The van der Waals surface area contributed by atoms with Gasteiger partial charge in [0.2, 0.25) is 0 Å². The number of nitrogens with one attached hydrogen (secondary N) is 1. The third-order valence-electron chi connectivity index (χ3n) is 2.70. The number of anilines is 1. The fourth-order valence-corrected chi connectivity index (χ4v) is 1.75. The number of rotatable bonds is 3. The summed E-state index contributed by atoms with van der Waals surface area (Å²) >= 11 is 0. The van der Waals surface area contributed by atoms with Crippen LogP contribution in [0.3, 0.4) is 0 Å². The summed E-state index contributed by atoms with van der Waals surface area (Å²) in [6, 6.07) is 3.33. The number of benzene rings is 1. The fourth-order valence-electron chi connectivity index (χ4n) is 1.75. The molecule has 5 nitrogen and oxygen atoms in total. The predicted octanol–water partition coefficient (Wildman–Crippen LogP) is 1.64. The molecule has 96 valence electrons. The van der Waals surface area contributed by atoms with Gasteiger partial charge in [-0.1, -0.05) is 0 Å². The van der Waals surface area contributed by atoms with Gasteiger partial charge in [0.15, 0.2) is 0 Å². The second kappa shape index (κ2) is 5.14. The highest BCUT2D eigenvalue weighted by molar-refractivity contribution is 5.95. The average molecular weight is 253 g/mol. The largest absolute Gasteiger partial charge is 0.478 e. The molecule has 1 aromatic rings. The van der Waals surface area contributed by atoms with E-state index in [-0.39, 0.29) is 11.3 Å². The zero-order valence-corrected chi connectivity index (χ0v) is 9.48. The first-order chi connectivity index (χ1) is 8.58. The smallest absolute Gasteiger partial charge is 0.335 e. The summed E-state index contributed by atoms with van der Waals surface area (Å²) < 4.78 is 18.7. The molecule has 1 amide bonds. The minimum atomic E-state index is -1.22. The summed E-state index contributed by atoms with van der Waals surface area (Å²) in [7, 11) is 0. The lowest BCUT2D eigenvalue weighted by molar-refractivity contribution is -0.124. The van der Waals surface area contributed by atoms with Crippen LogP contribution < -0.4 is 5.32 Å². The Morgan fingerprint density at radius 1 is 1.44 bits per heavy atom. The van der Waals surface area contributed by atoms with Gasteiger partial charge >= 0.3 is 5.97 Å². The Morgan fingerprint density at radius 2 is 2.22 bits per heavy atom. The molecule has 0 saturated carbocycles. The molecule has 18 heavy (non-hydrogen) atoms. The van der Waals surface area contributed by atoms with Crippen LogP contribution in [0.2, 0.25) is 0 Å². The van der Waals surface area contributed by atoms with Gasteiger partial charge in [0.05, 0.1) is 11.3 Å². The zero-order chi connectivity index (χ0) is 13.1. The molecule has 0 aromatic heterocycles. The van der Waals surface area contributed by atoms with Crippen LogP contribution >= 0.6 is 0 Å². The maximum Gasteiger partial charge on any atom is 0.335 e. The molecule has 1 saturated heterocycles. The third-order valence-corrected chi connectivity index (χ3v) is 2.70. The van der Waals surface area contributed by atoms with Crippen molar-refractivity contribution in [1.82, 2.24) is 0 Å². The molecule has 1 atom stereocenters. The topological polar surface area (TPSA) is 75.6 Å². The Kier molecular flexibility index (Phi) is 3.57. The Morgan fingerprint density at radius 3 is 2.78 bits per heavy atom. The van der Waals surface area contributed by atoms with Crippen LogP contribution in [0, 0.1) is 5.82 Å². The maximum atomic E-state index is 13.5. The number of halogens is 1. The highest BCUT2D eigenvalue weighted by Crippen LogP contribution is 2.19. The van der Waals surface area contributed by atoms with E-state index in [2.05, 4.69) is 5.32 Å². The van der Waals surface area contributed by atoms with Crippen molar-refractivity contribution in [3.05, 3.63) is 29.6 Å². The van der Waals surface area contributed by atoms with Gasteiger partial charge in [-0.3, -0.25) is 4.79 Å². The van der Waals surface area contributed by atoms with Crippen molar-refractivity contribution in [2.45, 2.75) is 18.9 Å². The molecule has 0 aliphatic carbocycles. The molecule has 1 aliphatic heterocycles. The molecule has 0 radical (unpaired) electrons. The van der Waals surface area contributed by atoms with E-state index in [1.807, 2.05) is 0 Å². The minimum absolute atomic E-state index is 0.0412. The van der Waals surface area contributed by atoms with E-state index in [4.69, 9.17) is 9.84 Å². The third kappa shape index (κ3) is 2.65. The quantitative estimate of drug-likeness (QED) is 0.858. The van der Waals surface area contributed by atoms with Crippen molar-refractivity contribution in [2.75, 3.05) is 11.9 Å². The first kappa shape index (κ1) is 12.5. The number of aromatic carboxylic acids is 1. The number of carbonyl (C=O) groups is 2. The van der Waals surface area contributed by atoms with E-state index in [1.165, 1.54) is 12.1 Å². The zero-order valence-electron chi connectivity index (χ0n) is 9.48. The van der Waals surface area contributed by atoms with Crippen LogP contribution in [0.25, 0.3) is 0 Å². The first-order valence-corrected chi connectivity index (χ1v) is 5.53. The molecule has 2 N–H and O–H groups in total. The van der Waals surface area contributed by atoms with Crippen molar-refractivity contribution in [1.29, 1.82) is 0 Å². The monoisotopic (exact) mass is 253 g/mol. The van der Waals surface area contributed by atoms with Gasteiger partial charge in [0.1, 0.15) is 11.9 Å². The molecule has 1 aliphatic rings. The molecule has 6 heteroatoms.